The summed E-state index contributed by atoms with van der Waals surface area (Å²) in [7, 11) is -3.73. The number of sulfonamides is 1. The van der Waals surface area contributed by atoms with Gasteiger partial charge in [0.05, 0.1) is 4.90 Å². The number of nitrogens with two attached hydrogens (primary N) is 1. The quantitative estimate of drug-likeness (QED) is 0.546. The van der Waals surface area contributed by atoms with Crippen LogP contribution in [-0.4, -0.2) is 43.9 Å². The van der Waals surface area contributed by atoms with E-state index in [4.69, 9.17) is 5.73 Å². The van der Waals surface area contributed by atoms with Crippen molar-refractivity contribution >= 4 is 51.2 Å². The molecule has 0 aliphatic heterocycles. The summed E-state index contributed by atoms with van der Waals surface area (Å²) >= 11 is 0. The summed E-state index contributed by atoms with van der Waals surface area (Å²) in [5.74, 6) is -0.623. The number of carbonyl (C=O) groups excluding carboxylic acids is 1. The Bertz CT molecular complexity index is 441. The topological polar surface area (TPSA) is 89.3 Å². The maximum Gasteiger partial charge on any atom is 0.264 e. The maximum absolute atomic E-state index is 11.4. The first-order chi connectivity index (χ1) is 6.42. The Hall–Kier alpha value is -0.560. The molecule has 0 fully saturated rings. The molecule has 7 heteroatoms. The average Bonchev–Trinajstić information content (AvgIpc) is 2.02. The monoisotopic (exact) mass is 237 g/mol. The summed E-state index contributed by atoms with van der Waals surface area (Å²) in [4.78, 5) is 10.6. The van der Waals surface area contributed by atoms with Crippen LogP contribution in [0.5, 0.6) is 0 Å². The molecule has 1 aromatic rings. The minimum Gasteiger partial charge on any atom is -0.399 e. The first-order valence-corrected chi connectivity index (χ1v) is 5.29. The molecule has 1 aromatic carbocycles. The Morgan fingerprint density at radius 2 is 1.73 bits per heavy atom. The molecule has 1 amide bonds. The first kappa shape index (κ1) is 14.4. The van der Waals surface area contributed by atoms with Crippen LogP contribution in [0, 0.1) is 0 Å². The Morgan fingerprint density at radius 1 is 1.27 bits per heavy atom. The zero-order valence-corrected chi connectivity index (χ0v) is 11.3. The van der Waals surface area contributed by atoms with Crippen LogP contribution >= 0.6 is 0 Å². The molecule has 0 atom stereocenters. The van der Waals surface area contributed by atoms with E-state index >= 15 is 0 Å². The fourth-order valence-electron chi connectivity index (χ4n) is 0.895. The van der Waals surface area contributed by atoms with Crippen molar-refractivity contribution in [2.45, 2.75) is 11.8 Å². The zero-order valence-electron chi connectivity index (χ0n) is 8.52. The molecule has 77 valence electrons. The van der Waals surface area contributed by atoms with Crippen LogP contribution in [0.2, 0.25) is 0 Å². The molecule has 0 unspecified atom stereocenters. The molecule has 3 N–H and O–H groups in total. The number of anilines is 1. The van der Waals surface area contributed by atoms with Gasteiger partial charge in [-0.05, 0) is 24.3 Å². The number of amides is 1. The van der Waals surface area contributed by atoms with Crippen LogP contribution in [0.3, 0.4) is 0 Å². The fourth-order valence-corrected chi connectivity index (χ4v) is 1.89. The van der Waals surface area contributed by atoms with Crippen LogP contribution in [0.1, 0.15) is 6.92 Å². The molecule has 0 saturated heterocycles. The molecule has 0 heterocycles. The van der Waals surface area contributed by atoms with Gasteiger partial charge in [0.15, 0.2) is 0 Å². The minimum absolute atomic E-state index is 0. The number of hydrogen-bond donors (Lipinski definition) is 2. The molecule has 0 spiro atoms. The fraction of sp³-hybridized carbons (Fsp3) is 0.125. The van der Waals surface area contributed by atoms with Crippen molar-refractivity contribution in [1.29, 1.82) is 0 Å². The van der Waals surface area contributed by atoms with Gasteiger partial charge in [0, 0.05) is 42.2 Å². The molecule has 0 saturated carbocycles. The number of hydrogen-bond acceptors (Lipinski definition) is 4. The second-order valence-electron chi connectivity index (χ2n) is 2.73. The van der Waals surface area contributed by atoms with Gasteiger partial charge in [-0.3, -0.25) is 4.79 Å². The third kappa shape index (κ3) is 4.21. The zero-order chi connectivity index (χ0) is 10.8. The SMILES string of the molecule is CC(=O)NS(=O)(=O)c1ccc(N)cc1.[Na]. The van der Waals surface area contributed by atoms with Crippen LogP contribution in [-0.2, 0) is 14.8 Å². The number of benzene rings is 1. The van der Waals surface area contributed by atoms with Crippen molar-refractivity contribution in [3.05, 3.63) is 24.3 Å². The Labute approximate surface area is 110 Å². The van der Waals surface area contributed by atoms with E-state index in [1.807, 2.05) is 4.72 Å². The number of carbonyl (C=O) groups is 1. The van der Waals surface area contributed by atoms with Crippen molar-refractivity contribution in [2.24, 2.45) is 0 Å². The molecule has 1 rings (SSSR count). The van der Waals surface area contributed by atoms with Gasteiger partial charge in [-0.1, -0.05) is 0 Å². The molecule has 0 aromatic heterocycles. The number of rotatable bonds is 2. The summed E-state index contributed by atoms with van der Waals surface area (Å²) in [5.41, 5.74) is 5.85. The van der Waals surface area contributed by atoms with E-state index in [0.717, 1.165) is 6.92 Å². The number of nitrogens with one attached hydrogen (secondary N) is 1. The molecule has 0 aliphatic carbocycles. The van der Waals surface area contributed by atoms with E-state index in [9.17, 15) is 13.2 Å². The van der Waals surface area contributed by atoms with Crippen LogP contribution in [0.4, 0.5) is 5.69 Å². The average molecular weight is 237 g/mol. The summed E-state index contributed by atoms with van der Waals surface area (Å²) in [5, 5.41) is 0. The van der Waals surface area contributed by atoms with Gasteiger partial charge in [-0.2, -0.15) is 0 Å². The minimum atomic E-state index is -3.73. The molecule has 1 radical (unpaired) electrons. The Morgan fingerprint density at radius 3 is 2.13 bits per heavy atom. The van der Waals surface area contributed by atoms with Crippen LogP contribution in [0.15, 0.2) is 29.2 Å². The smallest absolute Gasteiger partial charge is 0.264 e. The van der Waals surface area contributed by atoms with Crippen LogP contribution in [0.25, 0.3) is 0 Å². The molecular formula is C8H10N2NaO3S. The van der Waals surface area contributed by atoms with Crippen molar-refractivity contribution < 1.29 is 13.2 Å². The summed E-state index contributed by atoms with van der Waals surface area (Å²) in [6.07, 6.45) is 0. The van der Waals surface area contributed by atoms with E-state index in [0.29, 0.717) is 5.69 Å². The van der Waals surface area contributed by atoms with Gasteiger partial charge in [0.2, 0.25) is 5.91 Å². The maximum atomic E-state index is 11.4. The summed E-state index contributed by atoms with van der Waals surface area (Å²) in [6.45, 7) is 1.13. The van der Waals surface area contributed by atoms with Gasteiger partial charge < -0.3 is 5.73 Å². The van der Waals surface area contributed by atoms with E-state index in [1.54, 1.807) is 0 Å². The van der Waals surface area contributed by atoms with Crippen molar-refractivity contribution in [3.8, 4) is 0 Å². The molecule has 15 heavy (non-hydrogen) atoms. The van der Waals surface area contributed by atoms with Gasteiger partial charge in [-0.15, -0.1) is 0 Å². The van der Waals surface area contributed by atoms with Gasteiger partial charge in [0.25, 0.3) is 10.0 Å². The Balaban J connectivity index is 0.00000196. The van der Waals surface area contributed by atoms with Crippen molar-refractivity contribution in [3.63, 3.8) is 0 Å². The third-order valence-corrected chi connectivity index (χ3v) is 2.92. The normalized spacial score (nSPS) is 10.2. The Kier molecular flexibility index (Phi) is 5.30. The van der Waals surface area contributed by atoms with E-state index < -0.39 is 15.9 Å². The predicted molar refractivity (Wildman–Crippen MR) is 57.6 cm³/mol. The van der Waals surface area contributed by atoms with Gasteiger partial charge in [-0.25, -0.2) is 13.1 Å². The molecule has 5 nitrogen and oxygen atoms in total. The number of nitrogen functional groups attached to an aromatic ring is 1. The summed E-state index contributed by atoms with van der Waals surface area (Å²) < 4.78 is 24.6. The molecule has 0 bridgehead atoms. The van der Waals surface area contributed by atoms with E-state index in [1.165, 1.54) is 24.3 Å². The second-order valence-corrected chi connectivity index (χ2v) is 4.41. The third-order valence-electron chi connectivity index (χ3n) is 1.47. The van der Waals surface area contributed by atoms with Crippen molar-refractivity contribution in [1.82, 2.24) is 4.72 Å². The second kappa shape index (κ2) is 5.50. The largest absolute Gasteiger partial charge is 0.399 e. The standard InChI is InChI=1S/C8H10N2O3S.Na/c1-6(11)10-14(12,13)8-4-2-7(9)3-5-8;/h2-5H,9H2,1H3,(H,10,11);. The van der Waals surface area contributed by atoms with Gasteiger partial charge >= 0.3 is 0 Å². The molecule has 0 aliphatic rings. The van der Waals surface area contributed by atoms with E-state index in [-0.39, 0.29) is 34.5 Å². The van der Waals surface area contributed by atoms with Crippen molar-refractivity contribution in [2.75, 3.05) is 5.73 Å². The van der Waals surface area contributed by atoms with Gasteiger partial charge in [0.1, 0.15) is 0 Å². The molecular weight excluding hydrogens is 227 g/mol. The van der Waals surface area contributed by atoms with E-state index in [2.05, 4.69) is 0 Å². The summed E-state index contributed by atoms with van der Waals surface area (Å²) in [6, 6.07) is 5.57. The first-order valence-electron chi connectivity index (χ1n) is 3.81. The van der Waals surface area contributed by atoms with Crippen LogP contribution < -0.4 is 10.5 Å². The predicted octanol–water partition coefficient (Wildman–Crippen LogP) is -0.287.